The molecular weight excluding hydrogens is 398 g/mol. The Morgan fingerprint density at radius 2 is 1.72 bits per heavy atom. The lowest BCUT2D eigenvalue weighted by Crippen LogP contribution is -2.17. The van der Waals surface area contributed by atoms with Crippen LogP contribution in [0.3, 0.4) is 0 Å². The number of carbonyl (C=O) groups excluding carboxylic acids is 1. The highest BCUT2D eigenvalue weighted by atomic mass is 19.4. The summed E-state index contributed by atoms with van der Waals surface area (Å²) in [5.41, 5.74) is 0.128. The van der Waals surface area contributed by atoms with E-state index in [9.17, 15) is 32.3 Å². The van der Waals surface area contributed by atoms with Gasteiger partial charge in [0.05, 0.1) is 11.9 Å². The zero-order valence-electron chi connectivity index (χ0n) is 14.7. The summed E-state index contributed by atoms with van der Waals surface area (Å²) in [5.74, 6) is -4.28. The van der Waals surface area contributed by atoms with Gasteiger partial charge in [0.25, 0.3) is 5.91 Å². The van der Waals surface area contributed by atoms with Crippen LogP contribution in [0.1, 0.15) is 21.6 Å². The maximum atomic E-state index is 14.5. The highest BCUT2D eigenvalue weighted by Crippen LogP contribution is 2.34. The molecule has 1 aromatic heterocycles. The van der Waals surface area contributed by atoms with Crippen molar-refractivity contribution in [1.29, 1.82) is 0 Å². The number of phenolic OH excluding ortho intramolecular Hbond substituents is 1. The van der Waals surface area contributed by atoms with E-state index >= 15 is 0 Å². The predicted molar refractivity (Wildman–Crippen MR) is 92.5 cm³/mol. The molecule has 0 radical (unpaired) electrons. The van der Waals surface area contributed by atoms with E-state index in [-0.39, 0.29) is 27.7 Å². The first kappa shape index (κ1) is 20.2. The molecule has 2 N–H and O–H groups in total. The summed E-state index contributed by atoms with van der Waals surface area (Å²) in [4.78, 5) is 24.1. The van der Waals surface area contributed by atoms with Crippen molar-refractivity contribution in [1.82, 2.24) is 4.57 Å². The van der Waals surface area contributed by atoms with Crippen LogP contribution in [0, 0.1) is 12.7 Å². The monoisotopic (exact) mass is 411 g/mol. The van der Waals surface area contributed by atoms with Gasteiger partial charge in [0, 0.05) is 16.6 Å². The van der Waals surface area contributed by atoms with Crippen LogP contribution in [0.25, 0.3) is 10.9 Å². The molecule has 0 bridgehead atoms. The van der Waals surface area contributed by atoms with Gasteiger partial charge in [-0.2, -0.15) is 0 Å². The molecule has 0 fully saturated rings. The minimum atomic E-state index is -4.88. The van der Waals surface area contributed by atoms with Crippen LogP contribution in [0.5, 0.6) is 11.5 Å². The van der Waals surface area contributed by atoms with Crippen molar-refractivity contribution in [3.05, 3.63) is 59.0 Å². The van der Waals surface area contributed by atoms with E-state index < -0.39 is 42.0 Å². The maximum Gasteiger partial charge on any atom is 0.573 e. The van der Waals surface area contributed by atoms with E-state index in [2.05, 4.69) is 4.74 Å². The summed E-state index contributed by atoms with van der Waals surface area (Å²) in [6.45, 7) is 1.41. The minimum Gasteiger partial charge on any atom is -0.505 e. The molecule has 0 spiro atoms. The molecule has 3 aromatic rings. The summed E-state index contributed by atoms with van der Waals surface area (Å²) in [7, 11) is 0. The second kappa shape index (κ2) is 7.12. The number of hydrogen-bond donors (Lipinski definition) is 2. The number of benzene rings is 2. The number of halogens is 4. The van der Waals surface area contributed by atoms with Gasteiger partial charge in [-0.05, 0) is 48.9 Å². The number of ether oxygens (including phenoxy) is 1. The van der Waals surface area contributed by atoms with E-state index in [1.54, 1.807) is 0 Å². The second-order valence-electron chi connectivity index (χ2n) is 6.14. The van der Waals surface area contributed by atoms with E-state index in [1.807, 2.05) is 0 Å². The standard InChI is InChI=1S/C19H13F4NO5/c1-9-12(8-15(26)27)16-13(6-7-14(25)17(16)20)24(9)18(28)10-2-4-11(5-3-10)29-19(21,22)23/h2-7,25H,8H2,1H3,(H,26,27). The number of aromatic hydroxyl groups is 1. The first-order valence-electron chi connectivity index (χ1n) is 8.13. The number of carboxylic acids is 1. The summed E-state index contributed by atoms with van der Waals surface area (Å²) < 4.78 is 56.1. The predicted octanol–water partition coefficient (Wildman–Crippen LogP) is 4.01. The number of phenols is 1. The van der Waals surface area contributed by atoms with Crippen LogP contribution >= 0.6 is 0 Å². The smallest absolute Gasteiger partial charge is 0.505 e. The number of aromatic nitrogens is 1. The Labute approximate surface area is 160 Å². The number of nitrogens with zero attached hydrogens (tertiary/aromatic N) is 1. The molecule has 6 nitrogen and oxygen atoms in total. The van der Waals surface area contributed by atoms with Gasteiger partial charge in [0.15, 0.2) is 11.6 Å². The average molecular weight is 411 g/mol. The zero-order valence-corrected chi connectivity index (χ0v) is 14.7. The Bertz CT molecular complexity index is 1120. The first-order chi connectivity index (χ1) is 13.5. The third-order valence-corrected chi connectivity index (χ3v) is 4.28. The number of alkyl halides is 3. The maximum absolute atomic E-state index is 14.5. The molecule has 0 aliphatic carbocycles. The number of hydrogen-bond acceptors (Lipinski definition) is 4. The van der Waals surface area contributed by atoms with Gasteiger partial charge in [-0.3, -0.25) is 14.2 Å². The van der Waals surface area contributed by atoms with Crippen LogP contribution < -0.4 is 4.74 Å². The van der Waals surface area contributed by atoms with E-state index in [1.165, 1.54) is 13.0 Å². The molecule has 0 saturated heterocycles. The molecule has 0 atom stereocenters. The van der Waals surface area contributed by atoms with E-state index in [0.717, 1.165) is 34.9 Å². The summed E-state index contributed by atoms with van der Waals surface area (Å²) in [6, 6.07) is 6.38. The molecular formula is C19H13F4NO5. The molecule has 3 rings (SSSR count). The molecule has 1 heterocycles. The lowest BCUT2D eigenvalue weighted by molar-refractivity contribution is -0.274. The molecule has 152 valence electrons. The third-order valence-electron chi connectivity index (χ3n) is 4.28. The number of fused-ring (bicyclic) bond motifs is 1. The first-order valence-corrected chi connectivity index (χ1v) is 8.13. The molecule has 29 heavy (non-hydrogen) atoms. The second-order valence-corrected chi connectivity index (χ2v) is 6.14. The third kappa shape index (κ3) is 3.86. The Morgan fingerprint density at radius 3 is 2.28 bits per heavy atom. The average Bonchev–Trinajstić information content (AvgIpc) is 2.89. The fourth-order valence-corrected chi connectivity index (χ4v) is 3.08. The number of carboxylic acid groups (broad SMARTS) is 1. The van der Waals surface area contributed by atoms with Crippen molar-refractivity contribution in [3.63, 3.8) is 0 Å². The van der Waals surface area contributed by atoms with Gasteiger partial charge in [0.2, 0.25) is 0 Å². The highest BCUT2D eigenvalue weighted by Gasteiger charge is 2.31. The van der Waals surface area contributed by atoms with Gasteiger partial charge in [-0.15, -0.1) is 13.2 Å². The van der Waals surface area contributed by atoms with Crippen LogP contribution in [-0.4, -0.2) is 33.0 Å². The lowest BCUT2D eigenvalue weighted by Gasteiger charge is -2.10. The van der Waals surface area contributed by atoms with Gasteiger partial charge >= 0.3 is 12.3 Å². The molecule has 0 amide bonds. The molecule has 0 saturated carbocycles. The number of carbonyl (C=O) groups is 2. The summed E-state index contributed by atoms with van der Waals surface area (Å²) in [6.07, 6.45) is -5.48. The van der Waals surface area contributed by atoms with E-state index in [4.69, 9.17) is 5.11 Å². The van der Waals surface area contributed by atoms with Gasteiger partial charge in [-0.1, -0.05) is 0 Å². The number of aliphatic carboxylic acids is 1. The van der Waals surface area contributed by atoms with Crippen molar-refractivity contribution in [2.75, 3.05) is 0 Å². The van der Waals surface area contributed by atoms with Crippen LogP contribution in [0.15, 0.2) is 36.4 Å². The van der Waals surface area contributed by atoms with Gasteiger partial charge in [-0.25, -0.2) is 4.39 Å². The Balaban J connectivity index is 2.12. The van der Waals surface area contributed by atoms with Crippen molar-refractivity contribution in [2.24, 2.45) is 0 Å². The highest BCUT2D eigenvalue weighted by molar-refractivity contribution is 6.05. The quantitative estimate of drug-likeness (QED) is 0.634. The summed E-state index contributed by atoms with van der Waals surface area (Å²) >= 11 is 0. The summed E-state index contributed by atoms with van der Waals surface area (Å²) in [5, 5.41) is 18.5. The SMILES string of the molecule is Cc1c(CC(=O)O)c2c(F)c(O)ccc2n1C(=O)c1ccc(OC(F)(F)F)cc1. The molecule has 0 unspecified atom stereocenters. The van der Waals surface area contributed by atoms with Crippen molar-refractivity contribution in [2.45, 2.75) is 19.7 Å². The van der Waals surface area contributed by atoms with Crippen molar-refractivity contribution >= 4 is 22.8 Å². The zero-order chi connectivity index (χ0) is 21.5. The van der Waals surface area contributed by atoms with Crippen LogP contribution in [0.2, 0.25) is 0 Å². The Hall–Kier alpha value is -3.56. The Kier molecular flexibility index (Phi) is 4.95. The minimum absolute atomic E-state index is 0.00581. The fourth-order valence-electron chi connectivity index (χ4n) is 3.08. The molecule has 2 aromatic carbocycles. The van der Waals surface area contributed by atoms with Crippen molar-refractivity contribution < 1.29 is 42.1 Å². The van der Waals surface area contributed by atoms with Crippen LogP contribution in [0.4, 0.5) is 17.6 Å². The van der Waals surface area contributed by atoms with E-state index in [0.29, 0.717) is 0 Å². The van der Waals surface area contributed by atoms with Gasteiger partial charge < -0.3 is 14.9 Å². The fraction of sp³-hybridized carbons (Fsp3) is 0.158. The largest absolute Gasteiger partial charge is 0.573 e. The molecule has 0 aliphatic rings. The molecule has 0 aliphatic heterocycles. The normalized spacial score (nSPS) is 11.6. The lowest BCUT2D eigenvalue weighted by atomic mass is 10.1. The van der Waals surface area contributed by atoms with Gasteiger partial charge in [0.1, 0.15) is 5.75 Å². The van der Waals surface area contributed by atoms with Crippen LogP contribution in [-0.2, 0) is 11.2 Å². The molecule has 10 heteroatoms. The number of rotatable bonds is 4. The van der Waals surface area contributed by atoms with Crippen molar-refractivity contribution in [3.8, 4) is 11.5 Å². The Morgan fingerprint density at radius 1 is 1.10 bits per heavy atom. The topological polar surface area (TPSA) is 88.8 Å².